The van der Waals surface area contributed by atoms with Crippen LogP contribution in [0.2, 0.25) is 0 Å². The van der Waals surface area contributed by atoms with Crippen LogP contribution in [-0.4, -0.2) is 17.2 Å². The third kappa shape index (κ3) is 2.73. The number of halogens is 3. The van der Waals surface area contributed by atoms with Crippen LogP contribution < -0.4 is 5.46 Å². The predicted molar refractivity (Wildman–Crippen MR) is 50.6 cm³/mol. The van der Waals surface area contributed by atoms with Gasteiger partial charge in [0.15, 0.2) is 0 Å². The van der Waals surface area contributed by atoms with E-state index in [1.165, 1.54) is 6.07 Å². The van der Waals surface area contributed by atoms with E-state index in [4.69, 9.17) is 10.0 Å². The molecule has 2 nitrogen and oxygen atoms in total. The van der Waals surface area contributed by atoms with E-state index in [9.17, 15) is 13.2 Å². The Balaban J connectivity index is 3.28. The third-order valence-electron chi connectivity index (χ3n) is 2.11. The Labute approximate surface area is 85.5 Å². The molecule has 0 fully saturated rings. The zero-order valence-corrected chi connectivity index (χ0v) is 8.04. The molecular weight excluding hydrogens is 208 g/mol. The van der Waals surface area contributed by atoms with Crippen LogP contribution in [0.3, 0.4) is 0 Å². The van der Waals surface area contributed by atoms with Crippen molar-refractivity contribution in [3.8, 4) is 0 Å². The van der Waals surface area contributed by atoms with Gasteiger partial charge in [-0.2, -0.15) is 13.2 Å². The van der Waals surface area contributed by atoms with Gasteiger partial charge in [-0.25, -0.2) is 0 Å². The van der Waals surface area contributed by atoms with Crippen LogP contribution in [-0.2, 0) is 12.6 Å². The van der Waals surface area contributed by atoms with Crippen LogP contribution in [0.5, 0.6) is 0 Å². The third-order valence-corrected chi connectivity index (χ3v) is 2.11. The van der Waals surface area contributed by atoms with Gasteiger partial charge in [-0.3, -0.25) is 0 Å². The molecule has 15 heavy (non-hydrogen) atoms. The van der Waals surface area contributed by atoms with Crippen LogP contribution in [0.4, 0.5) is 13.2 Å². The molecule has 0 aliphatic rings. The zero-order valence-electron chi connectivity index (χ0n) is 8.04. The van der Waals surface area contributed by atoms with Crippen molar-refractivity contribution in [1.29, 1.82) is 0 Å². The highest BCUT2D eigenvalue weighted by molar-refractivity contribution is 6.59. The highest BCUT2D eigenvalue weighted by Crippen LogP contribution is 2.28. The van der Waals surface area contributed by atoms with Gasteiger partial charge in [-0.1, -0.05) is 25.1 Å². The summed E-state index contributed by atoms with van der Waals surface area (Å²) in [4.78, 5) is 0. The summed E-state index contributed by atoms with van der Waals surface area (Å²) in [5, 5.41) is 17.7. The normalized spacial score (nSPS) is 11.6. The fraction of sp³-hybridized carbons (Fsp3) is 0.333. The second-order valence-corrected chi connectivity index (χ2v) is 3.15. The highest BCUT2D eigenvalue weighted by atomic mass is 19.4. The van der Waals surface area contributed by atoms with E-state index in [1.807, 2.05) is 0 Å². The van der Waals surface area contributed by atoms with E-state index in [1.54, 1.807) is 6.92 Å². The van der Waals surface area contributed by atoms with E-state index < -0.39 is 24.3 Å². The maximum absolute atomic E-state index is 12.4. The number of hydrogen-bond donors (Lipinski definition) is 2. The van der Waals surface area contributed by atoms with Gasteiger partial charge in [0, 0.05) is 0 Å². The molecule has 0 amide bonds. The lowest BCUT2D eigenvalue weighted by molar-refractivity contribution is -0.136. The molecule has 0 aromatic heterocycles. The van der Waals surface area contributed by atoms with E-state index in [0.717, 1.165) is 12.1 Å². The number of aryl methyl sites for hydroxylation is 1. The van der Waals surface area contributed by atoms with Gasteiger partial charge in [-0.05, 0) is 17.4 Å². The van der Waals surface area contributed by atoms with Crippen molar-refractivity contribution in [3.63, 3.8) is 0 Å². The van der Waals surface area contributed by atoms with Gasteiger partial charge in [-0.15, -0.1) is 0 Å². The molecule has 1 rings (SSSR count). The average Bonchev–Trinajstić information content (AvgIpc) is 2.15. The second-order valence-electron chi connectivity index (χ2n) is 3.15. The first-order chi connectivity index (χ1) is 6.86. The summed E-state index contributed by atoms with van der Waals surface area (Å²) >= 11 is 0. The Bertz CT molecular complexity index is 350. The van der Waals surface area contributed by atoms with Gasteiger partial charge < -0.3 is 10.0 Å². The monoisotopic (exact) mass is 218 g/mol. The summed E-state index contributed by atoms with van der Waals surface area (Å²) < 4.78 is 37.3. The van der Waals surface area contributed by atoms with Crippen LogP contribution in [0.1, 0.15) is 18.1 Å². The minimum atomic E-state index is -4.56. The lowest BCUT2D eigenvalue weighted by Gasteiger charge is -2.13. The molecule has 2 N–H and O–H groups in total. The fourth-order valence-electron chi connectivity index (χ4n) is 1.30. The second kappa shape index (κ2) is 4.24. The molecule has 0 saturated heterocycles. The summed E-state index contributed by atoms with van der Waals surface area (Å²) in [6, 6.07) is 3.36. The van der Waals surface area contributed by atoms with E-state index in [0.29, 0.717) is 12.0 Å². The maximum atomic E-state index is 12.4. The zero-order chi connectivity index (χ0) is 11.6. The predicted octanol–water partition coefficient (Wildman–Crippen LogP) is 0.948. The number of hydrogen-bond acceptors (Lipinski definition) is 2. The molecular formula is C9H10BF3O2. The van der Waals surface area contributed by atoms with Crippen molar-refractivity contribution < 1.29 is 23.2 Å². The lowest BCUT2D eigenvalue weighted by atomic mass is 9.76. The van der Waals surface area contributed by atoms with Gasteiger partial charge in [0.05, 0.1) is 5.56 Å². The fourth-order valence-corrected chi connectivity index (χ4v) is 1.30. The quantitative estimate of drug-likeness (QED) is 0.725. The average molecular weight is 218 g/mol. The number of benzene rings is 1. The minimum Gasteiger partial charge on any atom is -0.423 e. The molecule has 1 aromatic carbocycles. The first-order valence-electron chi connectivity index (χ1n) is 4.42. The summed E-state index contributed by atoms with van der Waals surface area (Å²) in [6.45, 7) is 1.77. The molecule has 0 saturated carbocycles. The van der Waals surface area contributed by atoms with Crippen LogP contribution >= 0.6 is 0 Å². The van der Waals surface area contributed by atoms with Crippen LogP contribution in [0.25, 0.3) is 0 Å². The molecule has 1 aromatic rings. The molecule has 0 bridgehead atoms. The SMILES string of the molecule is CCc1ccc(C(F)(F)F)c(B(O)O)c1. The minimum absolute atomic E-state index is 0.498. The Morgan fingerprint density at radius 1 is 1.27 bits per heavy atom. The Morgan fingerprint density at radius 3 is 2.27 bits per heavy atom. The van der Waals surface area contributed by atoms with Crippen molar-refractivity contribution >= 4 is 12.6 Å². The van der Waals surface area contributed by atoms with Crippen molar-refractivity contribution in [1.82, 2.24) is 0 Å². The molecule has 0 heterocycles. The Hall–Kier alpha value is -1.01. The molecule has 0 atom stereocenters. The maximum Gasteiger partial charge on any atom is 0.489 e. The Kier molecular flexibility index (Phi) is 3.41. The van der Waals surface area contributed by atoms with Crippen molar-refractivity contribution in [2.45, 2.75) is 19.5 Å². The Morgan fingerprint density at radius 2 is 1.87 bits per heavy atom. The van der Waals surface area contributed by atoms with Crippen molar-refractivity contribution in [2.24, 2.45) is 0 Å². The molecule has 6 heteroatoms. The summed E-state index contributed by atoms with van der Waals surface area (Å²) in [6.07, 6.45) is -4.02. The molecule has 0 aliphatic carbocycles. The van der Waals surface area contributed by atoms with Crippen molar-refractivity contribution in [2.75, 3.05) is 0 Å². The first kappa shape index (κ1) is 12.1. The van der Waals surface area contributed by atoms with Gasteiger partial charge >= 0.3 is 13.3 Å². The molecule has 82 valence electrons. The van der Waals surface area contributed by atoms with Gasteiger partial charge in [0.25, 0.3) is 0 Å². The summed E-state index contributed by atoms with van der Waals surface area (Å²) in [5.74, 6) is 0. The highest BCUT2D eigenvalue weighted by Gasteiger charge is 2.36. The number of rotatable bonds is 2. The lowest BCUT2D eigenvalue weighted by Crippen LogP contribution is -2.36. The largest absolute Gasteiger partial charge is 0.489 e. The first-order valence-corrected chi connectivity index (χ1v) is 4.42. The van der Waals surface area contributed by atoms with E-state index >= 15 is 0 Å². The molecule has 0 aliphatic heterocycles. The standard InChI is InChI=1S/C9H10BF3O2/c1-2-6-3-4-7(9(11,12)13)8(5-6)10(14)15/h3-5,14-15H,2H2,1H3. The van der Waals surface area contributed by atoms with Crippen LogP contribution in [0, 0.1) is 0 Å². The van der Waals surface area contributed by atoms with Crippen molar-refractivity contribution in [3.05, 3.63) is 29.3 Å². The van der Waals surface area contributed by atoms with E-state index in [-0.39, 0.29) is 0 Å². The summed E-state index contributed by atoms with van der Waals surface area (Å²) in [5.41, 5.74) is -0.873. The molecule has 0 radical (unpaired) electrons. The smallest absolute Gasteiger partial charge is 0.423 e. The van der Waals surface area contributed by atoms with Crippen LogP contribution in [0.15, 0.2) is 18.2 Å². The van der Waals surface area contributed by atoms with Gasteiger partial charge in [0.1, 0.15) is 0 Å². The number of alkyl halides is 3. The van der Waals surface area contributed by atoms with Gasteiger partial charge in [0.2, 0.25) is 0 Å². The topological polar surface area (TPSA) is 40.5 Å². The van der Waals surface area contributed by atoms with E-state index in [2.05, 4.69) is 0 Å². The molecule has 0 unspecified atom stereocenters. The summed E-state index contributed by atoms with van der Waals surface area (Å²) in [7, 11) is -2.10. The molecule has 0 spiro atoms.